The summed E-state index contributed by atoms with van der Waals surface area (Å²) in [6.45, 7) is 0. The molecule has 2 amide bonds. The van der Waals surface area contributed by atoms with Gasteiger partial charge in [-0.05, 0) is 60.2 Å². The Morgan fingerprint density at radius 2 is 1.53 bits per heavy atom. The molecular formula is C25H20N6O2S. The van der Waals surface area contributed by atoms with Gasteiger partial charge in [0.15, 0.2) is 5.16 Å². The second kappa shape index (κ2) is 9.63. The Morgan fingerprint density at radius 3 is 2.18 bits per heavy atom. The van der Waals surface area contributed by atoms with E-state index in [4.69, 9.17) is 0 Å². The first-order valence-electron chi connectivity index (χ1n) is 10.5. The lowest BCUT2D eigenvalue weighted by Crippen LogP contribution is -2.41. The highest BCUT2D eigenvalue weighted by molar-refractivity contribution is 7.98. The topological polar surface area (TPSA) is 105 Å². The number of carbonyl (C=O) groups excluding carboxylic acids is 2. The molecule has 0 bridgehead atoms. The number of aromatic amines is 1. The molecule has 0 unspecified atom stereocenters. The molecule has 0 saturated heterocycles. The summed E-state index contributed by atoms with van der Waals surface area (Å²) in [7, 11) is 0. The van der Waals surface area contributed by atoms with Crippen LogP contribution in [-0.2, 0) is 5.75 Å². The first kappa shape index (κ1) is 21.5. The Hall–Kier alpha value is -4.37. The Morgan fingerprint density at radius 1 is 0.853 bits per heavy atom. The van der Waals surface area contributed by atoms with Crippen molar-refractivity contribution in [3.63, 3.8) is 0 Å². The van der Waals surface area contributed by atoms with Gasteiger partial charge in [0, 0.05) is 29.3 Å². The Labute approximate surface area is 199 Å². The molecule has 168 valence electrons. The normalized spacial score (nSPS) is 10.8. The number of hydrazine groups is 1. The molecule has 3 aromatic carbocycles. The predicted molar refractivity (Wildman–Crippen MR) is 131 cm³/mol. The van der Waals surface area contributed by atoms with Crippen molar-refractivity contribution in [1.82, 2.24) is 30.6 Å². The Balaban J connectivity index is 1.13. The first-order chi connectivity index (χ1) is 16.7. The molecular weight excluding hydrogens is 448 g/mol. The van der Waals surface area contributed by atoms with Crippen molar-refractivity contribution in [3.05, 3.63) is 108 Å². The van der Waals surface area contributed by atoms with E-state index in [0.29, 0.717) is 16.9 Å². The fourth-order valence-electron chi connectivity index (χ4n) is 3.35. The molecule has 5 rings (SSSR count). The summed E-state index contributed by atoms with van der Waals surface area (Å²) in [5.74, 6) is -0.0790. The van der Waals surface area contributed by atoms with Gasteiger partial charge in [0.2, 0.25) is 0 Å². The monoisotopic (exact) mass is 468 g/mol. The highest BCUT2D eigenvalue weighted by Gasteiger charge is 2.10. The predicted octanol–water partition coefficient (Wildman–Crippen LogP) is 4.12. The van der Waals surface area contributed by atoms with E-state index in [2.05, 4.69) is 25.9 Å². The summed E-state index contributed by atoms with van der Waals surface area (Å²) < 4.78 is 1.70. The van der Waals surface area contributed by atoms with Crippen LogP contribution in [0, 0.1) is 0 Å². The van der Waals surface area contributed by atoms with Gasteiger partial charge >= 0.3 is 0 Å². The minimum absolute atomic E-state index is 0.391. The van der Waals surface area contributed by atoms with Crippen LogP contribution in [0.3, 0.4) is 0 Å². The van der Waals surface area contributed by atoms with E-state index in [0.717, 1.165) is 27.4 Å². The second-order valence-corrected chi connectivity index (χ2v) is 8.41. The number of amides is 2. The number of hydrogen-bond acceptors (Lipinski definition) is 5. The molecule has 8 nitrogen and oxygen atoms in total. The van der Waals surface area contributed by atoms with Crippen LogP contribution >= 0.6 is 11.8 Å². The number of rotatable bonds is 6. The number of nitrogens with zero attached hydrogens (tertiary/aromatic N) is 3. The maximum absolute atomic E-state index is 12.4. The largest absolute Gasteiger partial charge is 0.333 e. The molecule has 0 atom stereocenters. The Kier molecular flexibility index (Phi) is 6.09. The lowest BCUT2D eigenvalue weighted by Gasteiger charge is -2.09. The van der Waals surface area contributed by atoms with Crippen molar-refractivity contribution in [1.29, 1.82) is 0 Å². The summed E-state index contributed by atoms with van der Waals surface area (Å²) in [6.07, 6.45) is 3.50. The van der Waals surface area contributed by atoms with E-state index >= 15 is 0 Å². The number of aromatic nitrogens is 4. The number of H-pyrrole nitrogens is 1. The van der Waals surface area contributed by atoms with E-state index in [9.17, 15) is 9.59 Å². The number of carbonyl (C=O) groups is 2. The molecule has 0 aliphatic heterocycles. The van der Waals surface area contributed by atoms with Crippen molar-refractivity contribution in [3.8, 4) is 5.69 Å². The molecule has 34 heavy (non-hydrogen) atoms. The van der Waals surface area contributed by atoms with Crippen molar-refractivity contribution >= 4 is 34.6 Å². The second-order valence-electron chi connectivity index (χ2n) is 7.45. The first-order valence-corrected chi connectivity index (χ1v) is 11.5. The van der Waals surface area contributed by atoms with Gasteiger partial charge in [0.1, 0.15) is 0 Å². The molecule has 0 fully saturated rings. The number of thioether (sulfide) groups is 1. The smallest absolute Gasteiger partial charge is 0.269 e. The zero-order chi connectivity index (χ0) is 23.3. The fraction of sp³-hybridized carbons (Fsp3) is 0.0400. The van der Waals surface area contributed by atoms with Crippen molar-refractivity contribution in [2.24, 2.45) is 0 Å². The number of hydrogen-bond donors (Lipinski definition) is 3. The molecule has 9 heteroatoms. The van der Waals surface area contributed by atoms with Crippen LogP contribution in [-0.4, -0.2) is 31.6 Å². The maximum Gasteiger partial charge on any atom is 0.269 e. The van der Waals surface area contributed by atoms with E-state index in [1.807, 2.05) is 48.7 Å². The maximum atomic E-state index is 12.4. The molecule has 0 saturated carbocycles. The van der Waals surface area contributed by atoms with Gasteiger partial charge in [-0.25, -0.2) is 9.67 Å². The SMILES string of the molecule is O=C(NNC(=O)c1ccc(-n2cccn2)cc1)c1ccc(CSc2nc3ccccc3[nH]2)cc1. The van der Waals surface area contributed by atoms with Gasteiger partial charge < -0.3 is 4.98 Å². The van der Waals surface area contributed by atoms with Crippen LogP contribution in [0.1, 0.15) is 26.3 Å². The van der Waals surface area contributed by atoms with Gasteiger partial charge in [-0.1, -0.05) is 36.0 Å². The average Bonchev–Trinajstić information content (AvgIpc) is 3.56. The zero-order valence-corrected chi connectivity index (χ0v) is 18.8. The van der Waals surface area contributed by atoms with E-state index < -0.39 is 11.8 Å². The molecule has 3 N–H and O–H groups in total. The van der Waals surface area contributed by atoms with Crippen LogP contribution in [0.25, 0.3) is 16.7 Å². The van der Waals surface area contributed by atoms with Crippen LogP contribution in [0.15, 0.2) is 96.4 Å². The van der Waals surface area contributed by atoms with E-state index in [1.165, 1.54) is 0 Å². The average molecular weight is 469 g/mol. The third-order valence-electron chi connectivity index (χ3n) is 5.15. The summed E-state index contributed by atoms with van der Waals surface area (Å²) in [4.78, 5) is 32.6. The van der Waals surface area contributed by atoms with Crippen LogP contribution in [0.4, 0.5) is 0 Å². The van der Waals surface area contributed by atoms with Gasteiger partial charge in [0.05, 0.1) is 16.7 Å². The highest BCUT2D eigenvalue weighted by atomic mass is 32.2. The van der Waals surface area contributed by atoms with Gasteiger partial charge in [0.25, 0.3) is 11.8 Å². The molecule has 0 aliphatic carbocycles. The molecule has 2 heterocycles. The lowest BCUT2D eigenvalue weighted by atomic mass is 10.1. The molecule has 2 aromatic heterocycles. The van der Waals surface area contributed by atoms with Gasteiger partial charge in [-0.3, -0.25) is 20.4 Å². The third kappa shape index (κ3) is 4.84. The molecule has 0 spiro atoms. The number of benzene rings is 3. The molecule has 5 aromatic rings. The fourth-order valence-corrected chi connectivity index (χ4v) is 4.19. The molecule has 0 aliphatic rings. The van der Waals surface area contributed by atoms with Crippen molar-refractivity contribution in [2.75, 3.05) is 0 Å². The minimum atomic E-state index is -0.403. The zero-order valence-electron chi connectivity index (χ0n) is 17.9. The summed E-state index contributed by atoms with van der Waals surface area (Å²) >= 11 is 1.60. The van der Waals surface area contributed by atoms with Crippen LogP contribution in [0.5, 0.6) is 0 Å². The van der Waals surface area contributed by atoms with Crippen molar-refractivity contribution < 1.29 is 9.59 Å². The van der Waals surface area contributed by atoms with Crippen LogP contribution in [0.2, 0.25) is 0 Å². The van der Waals surface area contributed by atoms with Crippen molar-refractivity contribution in [2.45, 2.75) is 10.9 Å². The highest BCUT2D eigenvalue weighted by Crippen LogP contribution is 2.23. The standard InChI is InChI=1S/C25H20N6O2S/c32-23(29-30-24(33)19-10-12-20(13-11-19)31-15-3-14-26-31)18-8-6-17(7-9-18)16-34-25-27-21-4-1-2-5-22(21)28-25/h1-15H,16H2,(H,27,28)(H,29,32)(H,30,33). The lowest BCUT2D eigenvalue weighted by molar-refractivity contribution is 0.0846. The quantitative estimate of drug-likeness (QED) is 0.257. The van der Waals surface area contributed by atoms with Crippen LogP contribution < -0.4 is 10.9 Å². The number of nitrogens with one attached hydrogen (secondary N) is 3. The summed E-state index contributed by atoms with van der Waals surface area (Å²) in [5, 5.41) is 5.00. The minimum Gasteiger partial charge on any atom is -0.333 e. The van der Waals surface area contributed by atoms with Gasteiger partial charge in [-0.2, -0.15) is 5.10 Å². The third-order valence-corrected chi connectivity index (χ3v) is 6.09. The Bertz CT molecular complexity index is 1390. The van der Waals surface area contributed by atoms with Gasteiger partial charge in [-0.15, -0.1) is 0 Å². The summed E-state index contributed by atoms with van der Waals surface area (Å²) in [5.41, 5.74) is 9.62. The van der Waals surface area contributed by atoms with E-state index in [1.54, 1.807) is 59.0 Å². The number of para-hydroxylation sites is 2. The number of imidazole rings is 1. The summed E-state index contributed by atoms with van der Waals surface area (Å²) in [6, 6.07) is 23.9. The molecule has 0 radical (unpaired) electrons. The van der Waals surface area contributed by atoms with E-state index in [-0.39, 0.29) is 0 Å². The number of fused-ring (bicyclic) bond motifs is 1.